The van der Waals surface area contributed by atoms with Crippen LogP contribution in [0.4, 0.5) is 5.82 Å². The zero-order valence-corrected chi connectivity index (χ0v) is 15.4. The Morgan fingerprint density at radius 1 is 1.36 bits per heavy atom. The van der Waals surface area contributed by atoms with E-state index in [-0.39, 0.29) is 0 Å². The molecular formula is C18H26N4O3. The van der Waals surface area contributed by atoms with Crippen LogP contribution in [0.3, 0.4) is 0 Å². The number of likely N-dealkylation sites (tertiary alicyclic amines) is 1. The van der Waals surface area contributed by atoms with E-state index in [1.165, 1.54) is 12.8 Å². The lowest BCUT2D eigenvalue weighted by atomic mass is 10.1. The number of aromatic nitrogens is 2. The summed E-state index contributed by atoms with van der Waals surface area (Å²) in [5, 5.41) is 4.04. The highest BCUT2D eigenvalue weighted by Crippen LogP contribution is 2.30. The smallest absolute Gasteiger partial charge is 0.342 e. The molecule has 7 nitrogen and oxygen atoms in total. The number of furan rings is 1. The summed E-state index contributed by atoms with van der Waals surface area (Å²) < 4.78 is 10.9. The second-order valence-corrected chi connectivity index (χ2v) is 6.36. The monoisotopic (exact) mass is 346 g/mol. The molecule has 0 saturated carbocycles. The Hall–Kier alpha value is -2.15. The lowest BCUT2D eigenvalue weighted by Crippen LogP contribution is -2.34. The maximum absolute atomic E-state index is 12.4. The molecule has 1 N–H and O–H groups in total. The van der Waals surface area contributed by atoms with Crippen LogP contribution in [0.15, 0.2) is 4.42 Å². The number of nitrogens with one attached hydrogen (secondary N) is 1. The number of likely N-dealkylation sites (N-methyl/N-ethyl adjacent to an activating group) is 1. The van der Waals surface area contributed by atoms with Gasteiger partial charge >= 0.3 is 5.97 Å². The summed E-state index contributed by atoms with van der Waals surface area (Å²) in [6, 6.07) is 0.481. The van der Waals surface area contributed by atoms with Crippen LogP contribution in [-0.4, -0.2) is 53.1 Å². The number of nitrogens with zero attached hydrogens (tertiary/aromatic N) is 3. The van der Waals surface area contributed by atoms with Gasteiger partial charge in [0.05, 0.1) is 12.0 Å². The molecule has 2 aromatic heterocycles. The van der Waals surface area contributed by atoms with Crippen molar-refractivity contribution >= 4 is 22.9 Å². The molecule has 1 fully saturated rings. The van der Waals surface area contributed by atoms with Crippen molar-refractivity contribution in [1.29, 1.82) is 0 Å². The summed E-state index contributed by atoms with van der Waals surface area (Å²) in [5.41, 5.74) is 0.840. The Bertz CT molecular complexity index is 771. The third-order valence-corrected chi connectivity index (χ3v) is 4.73. The van der Waals surface area contributed by atoms with E-state index in [1.807, 2.05) is 6.92 Å². The highest BCUT2D eigenvalue weighted by molar-refractivity contribution is 6.07. The first-order valence-corrected chi connectivity index (χ1v) is 8.97. The highest BCUT2D eigenvalue weighted by Gasteiger charge is 2.26. The summed E-state index contributed by atoms with van der Waals surface area (Å²) in [6.07, 6.45) is 2.39. The van der Waals surface area contributed by atoms with Crippen molar-refractivity contribution in [3.63, 3.8) is 0 Å². The number of esters is 1. The molecule has 3 rings (SSSR count). The molecule has 3 heterocycles. The minimum absolute atomic E-state index is 0.313. The summed E-state index contributed by atoms with van der Waals surface area (Å²) >= 11 is 0. The fourth-order valence-corrected chi connectivity index (χ4v) is 3.55. The van der Waals surface area contributed by atoms with Crippen LogP contribution in [0.1, 0.15) is 48.6 Å². The molecule has 0 unspecified atom stereocenters. The molecule has 0 bridgehead atoms. The largest absolute Gasteiger partial charge is 0.462 e. The van der Waals surface area contributed by atoms with Gasteiger partial charge in [-0.15, -0.1) is 0 Å². The summed E-state index contributed by atoms with van der Waals surface area (Å²) in [5.74, 6) is 1.36. The van der Waals surface area contributed by atoms with Crippen molar-refractivity contribution in [2.24, 2.45) is 0 Å². The third kappa shape index (κ3) is 3.46. The van der Waals surface area contributed by atoms with E-state index < -0.39 is 5.97 Å². The van der Waals surface area contributed by atoms with Gasteiger partial charge in [0.2, 0.25) is 5.71 Å². The molecule has 0 radical (unpaired) electrons. The van der Waals surface area contributed by atoms with Gasteiger partial charge in [-0.25, -0.2) is 9.78 Å². The molecule has 1 aliphatic heterocycles. The lowest BCUT2D eigenvalue weighted by Gasteiger charge is -2.23. The molecule has 1 saturated heterocycles. The van der Waals surface area contributed by atoms with Gasteiger partial charge in [0.1, 0.15) is 23.0 Å². The van der Waals surface area contributed by atoms with E-state index in [4.69, 9.17) is 9.15 Å². The van der Waals surface area contributed by atoms with Crippen molar-refractivity contribution in [2.75, 3.05) is 31.6 Å². The van der Waals surface area contributed by atoms with Gasteiger partial charge in [0.25, 0.3) is 0 Å². The van der Waals surface area contributed by atoms with Crippen LogP contribution in [0, 0.1) is 13.8 Å². The van der Waals surface area contributed by atoms with Crippen molar-refractivity contribution in [1.82, 2.24) is 14.9 Å². The van der Waals surface area contributed by atoms with E-state index in [0.717, 1.165) is 19.6 Å². The predicted octanol–water partition coefficient (Wildman–Crippen LogP) is 2.91. The predicted molar refractivity (Wildman–Crippen MR) is 96.0 cm³/mol. The Kier molecular flexibility index (Phi) is 5.22. The molecule has 25 heavy (non-hydrogen) atoms. The number of anilines is 1. The summed E-state index contributed by atoms with van der Waals surface area (Å²) in [4.78, 5) is 23.7. The molecule has 0 aromatic carbocycles. The number of aryl methyl sites for hydroxylation is 2. The average Bonchev–Trinajstić information content (AvgIpc) is 3.15. The molecule has 0 amide bonds. The first kappa shape index (κ1) is 17.7. The highest BCUT2D eigenvalue weighted by atomic mass is 16.5. The molecule has 1 atom stereocenters. The first-order chi connectivity index (χ1) is 12.0. The number of fused-ring (bicyclic) bond motifs is 1. The third-order valence-electron chi connectivity index (χ3n) is 4.73. The Morgan fingerprint density at radius 3 is 2.88 bits per heavy atom. The molecular weight excluding hydrogens is 320 g/mol. The molecule has 136 valence electrons. The van der Waals surface area contributed by atoms with Gasteiger partial charge in [0.15, 0.2) is 0 Å². The molecule has 7 heteroatoms. The van der Waals surface area contributed by atoms with Crippen LogP contribution in [0.5, 0.6) is 0 Å². The minimum Gasteiger partial charge on any atom is -0.462 e. The topological polar surface area (TPSA) is 80.5 Å². The van der Waals surface area contributed by atoms with Gasteiger partial charge in [0, 0.05) is 12.6 Å². The normalized spacial score (nSPS) is 18.0. The fourth-order valence-electron chi connectivity index (χ4n) is 3.55. The molecule has 1 aliphatic rings. The van der Waals surface area contributed by atoms with Gasteiger partial charge in [-0.3, -0.25) is 4.90 Å². The molecule has 0 aliphatic carbocycles. The number of hydrogen-bond donors (Lipinski definition) is 1. The SMILES string of the molecule is CCOC(=O)c1c(C)oc2nc(C)nc(NC[C@@H]3CCCN3CC)c12. The van der Waals surface area contributed by atoms with Gasteiger partial charge < -0.3 is 14.5 Å². The van der Waals surface area contributed by atoms with Crippen molar-refractivity contribution in [3.05, 3.63) is 17.1 Å². The standard InChI is InChI=1S/C18H26N4O3/c1-5-22-9-7-8-13(22)10-19-16-15-14(18(23)24-6-2)11(3)25-17(15)21-12(4)20-16/h13H,5-10H2,1-4H3,(H,19,20,21)/t13-/m0/s1. The first-order valence-electron chi connectivity index (χ1n) is 8.97. The average molecular weight is 346 g/mol. The van der Waals surface area contributed by atoms with Crippen LogP contribution >= 0.6 is 0 Å². The summed E-state index contributed by atoms with van der Waals surface area (Å²) in [6.45, 7) is 10.8. The van der Waals surface area contributed by atoms with Crippen LogP contribution in [0.25, 0.3) is 11.1 Å². The van der Waals surface area contributed by atoms with Crippen LogP contribution in [0.2, 0.25) is 0 Å². The maximum atomic E-state index is 12.4. The van der Waals surface area contributed by atoms with Crippen LogP contribution < -0.4 is 5.32 Å². The second-order valence-electron chi connectivity index (χ2n) is 6.36. The summed E-state index contributed by atoms with van der Waals surface area (Å²) in [7, 11) is 0. The molecule has 2 aromatic rings. The quantitative estimate of drug-likeness (QED) is 0.805. The number of carbonyl (C=O) groups excluding carboxylic acids is 1. The van der Waals surface area contributed by atoms with E-state index >= 15 is 0 Å². The van der Waals surface area contributed by atoms with Gasteiger partial charge in [-0.05, 0) is 46.7 Å². The fraction of sp³-hybridized carbons (Fsp3) is 0.611. The lowest BCUT2D eigenvalue weighted by molar-refractivity contribution is 0.0526. The zero-order valence-electron chi connectivity index (χ0n) is 15.4. The maximum Gasteiger partial charge on any atom is 0.342 e. The number of rotatable bonds is 6. The van der Waals surface area contributed by atoms with E-state index in [1.54, 1.807) is 13.8 Å². The Balaban J connectivity index is 1.94. The van der Waals surface area contributed by atoms with Crippen molar-refractivity contribution < 1.29 is 13.9 Å². The van der Waals surface area contributed by atoms with E-state index in [2.05, 4.69) is 27.1 Å². The number of carbonyl (C=O) groups is 1. The zero-order chi connectivity index (χ0) is 18.0. The van der Waals surface area contributed by atoms with E-state index in [0.29, 0.717) is 46.7 Å². The van der Waals surface area contributed by atoms with E-state index in [9.17, 15) is 4.79 Å². The Labute approximate surface area is 147 Å². The molecule has 0 spiro atoms. The van der Waals surface area contributed by atoms with Gasteiger partial charge in [-0.1, -0.05) is 6.92 Å². The van der Waals surface area contributed by atoms with Crippen molar-refractivity contribution in [2.45, 2.75) is 46.6 Å². The minimum atomic E-state index is -0.398. The Morgan fingerprint density at radius 2 is 2.16 bits per heavy atom. The van der Waals surface area contributed by atoms with Gasteiger partial charge in [-0.2, -0.15) is 4.98 Å². The van der Waals surface area contributed by atoms with Crippen molar-refractivity contribution in [3.8, 4) is 0 Å². The van der Waals surface area contributed by atoms with Crippen LogP contribution in [-0.2, 0) is 4.74 Å². The number of ether oxygens (including phenoxy) is 1. The number of hydrogen-bond acceptors (Lipinski definition) is 7. The second kappa shape index (κ2) is 7.39.